The van der Waals surface area contributed by atoms with Gasteiger partial charge in [0.25, 0.3) is 11.7 Å². The third-order valence-corrected chi connectivity index (χ3v) is 4.78. The van der Waals surface area contributed by atoms with Crippen LogP contribution in [0.3, 0.4) is 0 Å². The number of rotatable bonds is 6. The van der Waals surface area contributed by atoms with Gasteiger partial charge in [0, 0.05) is 17.7 Å². The molecule has 2 aromatic rings. The fourth-order valence-corrected chi connectivity index (χ4v) is 3.48. The van der Waals surface area contributed by atoms with Gasteiger partial charge >= 0.3 is 0 Å². The van der Waals surface area contributed by atoms with Crippen molar-refractivity contribution >= 4 is 17.4 Å². The van der Waals surface area contributed by atoms with Crippen LogP contribution in [0.4, 0.5) is 0 Å². The zero-order valence-corrected chi connectivity index (χ0v) is 16.5. The molecule has 0 unspecified atom stereocenters. The molecule has 7 heteroatoms. The second-order valence-corrected chi connectivity index (χ2v) is 6.77. The van der Waals surface area contributed by atoms with Crippen molar-refractivity contribution in [1.82, 2.24) is 4.90 Å². The Kier molecular flexibility index (Phi) is 5.89. The van der Waals surface area contributed by atoms with E-state index in [1.807, 2.05) is 0 Å². The first-order chi connectivity index (χ1) is 13.9. The molecule has 0 saturated carbocycles. The molecule has 0 bridgehead atoms. The summed E-state index contributed by atoms with van der Waals surface area (Å²) in [5, 5.41) is 20.8. The Labute approximate surface area is 168 Å². The number of Topliss-reactive ketones (excluding diaryl/α,β-unsaturated/α-hetero) is 1. The molecule has 7 nitrogen and oxygen atoms in total. The van der Waals surface area contributed by atoms with Gasteiger partial charge in [-0.05, 0) is 25.1 Å². The van der Waals surface area contributed by atoms with E-state index in [0.29, 0.717) is 22.6 Å². The highest BCUT2D eigenvalue weighted by molar-refractivity contribution is 6.46. The summed E-state index contributed by atoms with van der Waals surface area (Å²) in [7, 11) is 2.98. The minimum atomic E-state index is -0.935. The average molecular weight is 397 g/mol. The highest BCUT2D eigenvalue weighted by Crippen LogP contribution is 2.43. The van der Waals surface area contributed by atoms with Crippen molar-refractivity contribution in [3.63, 3.8) is 0 Å². The number of nitrogens with zero attached hydrogens (tertiary/aromatic N) is 1. The first-order valence-electron chi connectivity index (χ1n) is 9.12. The summed E-state index contributed by atoms with van der Waals surface area (Å²) in [5.41, 5.74) is 0.826. The molecule has 0 aliphatic carbocycles. The minimum absolute atomic E-state index is 0.0617. The van der Waals surface area contributed by atoms with Crippen molar-refractivity contribution in [1.29, 1.82) is 0 Å². The van der Waals surface area contributed by atoms with Crippen LogP contribution in [-0.2, 0) is 9.59 Å². The molecule has 0 radical (unpaired) electrons. The predicted octanol–water partition coefficient (Wildman–Crippen LogP) is 2.51. The summed E-state index contributed by atoms with van der Waals surface area (Å²) in [4.78, 5) is 26.9. The lowest BCUT2D eigenvalue weighted by atomic mass is 9.94. The number of methoxy groups -OCH3 is 2. The van der Waals surface area contributed by atoms with Crippen LogP contribution in [0, 0.1) is 0 Å². The monoisotopic (exact) mass is 397 g/mol. The molecule has 2 N–H and O–H groups in total. The van der Waals surface area contributed by atoms with E-state index < -0.39 is 23.8 Å². The molecular weight excluding hydrogens is 374 g/mol. The molecular formula is C22H23NO6. The Hall–Kier alpha value is -3.32. The second-order valence-electron chi connectivity index (χ2n) is 6.77. The quantitative estimate of drug-likeness (QED) is 0.442. The molecule has 2 atom stereocenters. The van der Waals surface area contributed by atoms with E-state index in [2.05, 4.69) is 0 Å². The Morgan fingerprint density at radius 2 is 1.79 bits per heavy atom. The van der Waals surface area contributed by atoms with Crippen LogP contribution in [0.15, 0.2) is 54.1 Å². The summed E-state index contributed by atoms with van der Waals surface area (Å²) in [5.74, 6) is -0.970. The summed E-state index contributed by atoms with van der Waals surface area (Å²) in [6, 6.07) is 12.6. The zero-order chi connectivity index (χ0) is 21.1. The molecule has 1 saturated heterocycles. The van der Waals surface area contributed by atoms with Gasteiger partial charge in [-0.2, -0.15) is 0 Å². The van der Waals surface area contributed by atoms with Gasteiger partial charge in [0.2, 0.25) is 0 Å². The van der Waals surface area contributed by atoms with Gasteiger partial charge in [0.05, 0.1) is 31.9 Å². The number of ketones is 1. The maximum Gasteiger partial charge on any atom is 0.295 e. The molecule has 1 amide bonds. The van der Waals surface area contributed by atoms with E-state index in [0.717, 1.165) is 0 Å². The van der Waals surface area contributed by atoms with E-state index in [1.54, 1.807) is 48.5 Å². The van der Waals surface area contributed by atoms with Crippen LogP contribution in [-0.4, -0.2) is 53.7 Å². The lowest BCUT2D eigenvalue weighted by Gasteiger charge is -2.27. The summed E-state index contributed by atoms with van der Waals surface area (Å²) in [6.07, 6.45) is -0.871. The largest absolute Gasteiger partial charge is 0.507 e. The highest BCUT2D eigenvalue weighted by Gasteiger charge is 2.47. The van der Waals surface area contributed by atoms with Crippen LogP contribution in [0.1, 0.15) is 24.1 Å². The SMILES string of the molecule is COc1ccc(OC)c([C@@H]2C(=C(O)c3ccccc3)C(=O)C(=O)N2C[C@H](C)O)c1. The molecule has 3 rings (SSSR count). The first-order valence-corrected chi connectivity index (χ1v) is 9.12. The Bertz CT molecular complexity index is 951. The van der Waals surface area contributed by atoms with E-state index in [4.69, 9.17) is 9.47 Å². The fourth-order valence-electron chi connectivity index (χ4n) is 3.48. The Morgan fingerprint density at radius 1 is 1.10 bits per heavy atom. The van der Waals surface area contributed by atoms with E-state index >= 15 is 0 Å². The Morgan fingerprint density at radius 3 is 2.38 bits per heavy atom. The number of hydrogen-bond donors (Lipinski definition) is 2. The third-order valence-electron chi connectivity index (χ3n) is 4.78. The first kappa shape index (κ1) is 20.4. The van der Waals surface area contributed by atoms with Crippen LogP contribution < -0.4 is 9.47 Å². The van der Waals surface area contributed by atoms with Crippen LogP contribution >= 0.6 is 0 Å². The van der Waals surface area contributed by atoms with Gasteiger partial charge < -0.3 is 24.6 Å². The molecule has 1 aliphatic rings. The van der Waals surface area contributed by atoms with E-state index in [1.165, 1.54) is 26.0 Å². The van der Waals surface area contributed by atoms with Crippen LogP contribution in [0.2, 0.25) is 0 Å². The second kappa shape index (κ2) is 8.36. The number of aliphatic hydroxyl groups is 2. The lowest BCUT2D eigenvalue weighted by Crippen LogP contribution is -2.35. The predicted molar refractivity (Wildman–Crippen MR) is 107 cm³/mol. The van der Waals surface area contributed by atoms with Crippen molar-refractivity contribution in [3.05, 3.63) is 65.2 Å². The van der Waals surface area contributed by atoms with Crippen molar-refractivity contribution in [2.24, 2.45) is 0 Å². The highest BCUT2D eigenvalue weighted by atomic mass is 16.5. The molecule has 1 aliphatic heterocycles. The van der Waals surface area contributed by atoms with Gasteiger partial charge in [-0.25, -0.2) is 0 Å². The number of aliphatic hydroxyl groups excluding tert-OH is 2. The molecule has 29 heavy (non-hydrogen) atoms. The summed E-state index contributed by atoms with van der Waals surface area (Å²) >= 11 is 0. The van der Waals surface area contributed by atoms with Gasteiger partial charge in [0.15, 0.2) is 0 Å². The number of benzene rings is 2. The number of carbonyl (C=O) groups is 2. The zero-order valence-electron chi connectivity index (χ0n) is 16.5. The van der Waals surface area contributed by atoms with Gasteiger partial charge in [-0.3, -0.25) is 9.59 Å². The standard InChI is InChI=1S/C22H23NO6/c1-13(24)12-23-19(16-11-15(28-2)9-10-17(16)29-3)18(21(26)22(23)27)20(25)14-7-5-4-6-8-14/h4-11,13,19,24-25H,12H2,1-3H3/t13-,19+/m0/s1. The van der Waals surface area contributed by atoms with Crippen LogP contribution in [0.5, 0.6) is 11.5 Å². The molecule has 152 valence electrons. The van der Waals surface area contributed by atoms with E-state index in [9.17, 15) is 19.8 Å². The van der Waals surface area contributed by atoms with Gasteiger partial charge in [-0.1, -0.05) is 30.3 Å². The van der Waals surface area contributed by atoms with Gasteiger partial charge in [0.1, 0.15) is 17.3 Å². The summed E-state index contributed by atoms with van der Waals surface area (Å²) < 4.78 is 10.7. The molecule has 0 aromatic heterocycles. The number of ether oxygens (including phenoxy) is 2. The minimum Gasteiger partial charge on any atom is -0.507 e. The van der Waals surface area contributed by atoms with Crippen molar-refractivity contribution in [2.45, 2.75) is 19.1 Å². The number of β-amino-alcohol motifs (C(OH)–C–C–N with tert-alkyl or cyclic N) is 1. The molecule has 0 spiro atoms. The molecule has 2 aromatic carbocycles. The topological polar surface area (TPSA) is 96.3 Å². The van der Waals surface area contributed by atoms with Crippen LogP contribution in [0.25, 0.3) is 5.76 Å². The number of hydrogen-bond acceptors (Lipinski definition) is 6. The molecule has 1 fully saturated rings. The third kappa shape index (κ3) is 3.82. The normalized spacial score (nSPS) is 19.3. The van der Waals surface area contributed by atoms with Crippen molar-refractivity contribution in [2.75, 3.05) is 20.8 Å². The van der Waals surface area contributed by atoms with E-state index in [-0.39, 0.29) is 17.9 Å². The van der Waals surface area contributed by atoms with Gasteiger partial charge in [-0.15, -0.1) is 0 Å². The Balaban J connectivity index is 2.27. The fraction of sp³-hybridized carbons (Fsp3) is 0.273. The number of likely N-dealkylation sites (tertiary alicyclic amines) is 1. The number of amides is 1. The number of carbonyl (C=O) groups excluding carboxylic acids is 2. The maximum absolute atomic E-state index is 12.9. The smallest absolute Gasteiger partial charge is 0.295 e. The lowest BCUT2D eigenvalue weighted by molar-refractivity contribution is -0.140. The molecule has 1 heterocycles. The van der Waals surface area contributed by atoms with Crippen molar-refractivity contribution < 1.29 is 29.3 Å². The van der Waals surface area contributed by atoms with Crippen molar-refractivity contribution in [3.8, 4) is 11.5 Å². The maximum atomic E-state index is 12.9. The average Bonchev–Trinajstić information content (AvgIpc) is 2.97. The summed E-state index contributed by atoms with van der Waals surface area (Å²) in [6.45, 7) is 1.44.